The molecular weight excluding hydrogens is 345 g/mol. The molecule has 10 heteroatoms. The molecule has 1 heterocycles. The fraction of sp³-hybridized carbons (Fsp3) is 0. The van der Waals surface area contributed by atoms with Gasteiger partial charge in [-0.05, 0) is 24.3 Å². The number of hydrogen-bond acceptors (Lipinski definition) is 5. The Bertz CT molecular complexity index is 934. The predicted octanol–water partition coefficient (Wildman–Crippen LogP) is 4.05. The topological polar surface area (TPSA) is 62.7 Å². The van der Waals surface area contributed by atoms with E-state index in [9.17, 15) is 22.0 Å². The second kappa shape index (κ2) is 6.67. The van der Waals surface area contributed by atoms with Crippen LogP contribution in [-0.4, -0.2) is 15.2 Å². The van der Waals surface area contributed by atoms with Gasteiger partial charge < -0.3 is 10.6 Å². The summed E-state index contributed by atoms with van der Waals surface area (Å²) in [6.45, 7) is 0. The van der Waals surface area contributed by atoms with Crippen LogP contribution in [0.2, 0.25) is 0 Å². The van der Waals surface area contributed by atoms with Crippen molar-refractivity contribution in [3.8, 4) is 0 Å². The number of aromatic nitrogens is 3. The summed E-state index contributed by atoms with van der Waals surface area (Å²) in [5.74, 6) is -6.63. The van der Waals surface area contributed by atoms with Crippen LogP contribution in [-0.2, 0) is 0 Å². The highest BCUT2D eigenvalue weighted by Crippen LogP contribution is 2.23. The van der Waals surface area contributed by atoms with E-state index in [4.69, 9.17) is 0 Å². The van der Waals surface area contributed by atoms with E-state index in [1.165, 1.54) is 6.07 Å². The molecule has 0 saturated heterocycles. The Morgan fingerprint density at radius 1 is 0.760 bits per heavy atom. The first-order valence-corrected chi connectivity index (χ1v) is 6.76. The Balaban J connectivity index is 1.82. The number of rotatable bonds is 4. The predicted molar refractivity (Wildman–Crippen MR) is 79.1 cm³/mol. The molecule has 0 bridgehead atoms. The summed E-state index contributed by atoms with van der Waals surface area (Å²) < 4.78 is 65.8. The summed E-state index contributed by atoms with van der Waals surface area (Å²) in [6, 6.07) is 4.77. The minimum Gasteiger partial charge on any atom is -0.336 e. The van der Waals surface area contributed by atoms with E-state index in [1.54, 1.807) is 0 Å². The average molecular weight is 353 g/mol. The number of halogens is 5. The maximum atomic E-state index is 13.6. The van der Waals surface area contributed by atoms with Crippen molar-refractivity contribution < 1.29 is 22.0 Å². The molecule has 2 aromatic carbocycles. The first-order valence-electron chi connectivity index (χ1n) is 6.76. The van der Waals surface area contributed by atoms with Gasteiger partial charge in [-0.2, -0.15) is 10.1 Å². The molecular formula is C15H8F5N5. The van der Waals surface area contributed by atoms with Crippen molar-refractivity contribution in [2.45, 2.75) is 0 Å². The molecule has 3 rings (SSSR count). The Morgan fingerprint density at radius 3 is 2.28 bits per heavy atom. The molecule has 25 heavy (non-hydrogen) atoms. The smallest absolute Gasteiger partial charge is 0.249 e. The van der Waals surface area contributed by atoms with Crippen molar-refractivity contribution in [3.05, 3.63) is 65.6 Å². The molecule has 0 saturated carbocycles. The molecule has 0 unspecified atom stereocenters. The molecule has 2 N–H and O–H groups in total. The summed E-state index contributed by atoms with van der Waals surface area (Å²) in [4.78, 5) is 3.91. The number of nitrogens with one attached hydrogen (secondary N) is 2. The van der Waals surface area contributed by atoms with Crippen LogP contribution in [0.3, 0.4) is 0 Å². The quantitative estimate of drug-likeness (QED) is 0.547. The van der Waals surface area contributed by atoms with Crippen molar-refractivity contribution in [1.29, 1.82) is 0 Å². The van der Waals surface area contributed by atoms with Crippen LogP contribution in [0.1, 0.15) is 0 Å². The van der Waals surface area contributed by atoms with Crippen molar-refractivity contribution in [2.24, 2.45) is 0 Å². The molecule has 0 fully saturated rings. The van der Waals surface area contributed by atoms with Gasteiger partial charge in [0.05, 0.1) is 11.9 Å². The zero-order valence-electron chi connectivity index (χ0n) is 12.2. The molecule has 1 aromatic heterocycles. The minimum atomic E-state index is -1.63. The van der Waals surface area contributed by atoms with Crippen molar-refractivity contribution in [3.63, 3.8) is 0 Å². The Hall–Kier alpha value is -3.30. The van der Waals surface area contributed by atoms with Gasteiger partial charge in [0.15, 0.2) is 34.9 Å². The standard InChI is InChI=1S/C15H8F5N5/c16-8-2-1-7(5-10(8)18)22-15-24-12(6-21-25-15)23-11-4-3-9(17)13(19)14(11)20/h1-6H,(H2,22,23,24,25). The monoisotopic (exact) mass is 353 g/mol. The largest absolute Gasteiger partial charge is 0.336 e. The van der Waals surface area contributed by atoms with Gasteiger partial charge in [-0.1, -0.05) is 0 Å². The average Bonchev–Trinajstić information content (AvgIpc) is 2.59. The summed E-state index contributed by atoms with van der Waals surface area (Å²) in [7, 11) is 0. The highest BCUT2D eigenvalue weighted by atomic mass is 19.2. The lowest BCUT2D eigenvalue weighted by molar-refractivity contribution is 0.449. The maximum Gasteiger partial charge on any atom is 0.249 e. The lowest BCUT2D eigenvalue weighted by atomic mass is 10.3. The molecule has 0 atom stereocenters. The Morgan fingerprint density at radius 2 is 1.52 bits per heavy atom. The van der Waals surface area contributed by atoms with E-state index < -0.39 is 29.1 Å². The molecule has 0 aliphatic carbocycles. The molecule has 0 aliphatic rings. The number of benzene rings is 2. The zero-order chi connectivity index (χ0) is 18.0. The number of nitrogens with zero attached hydrogens (tertiary/aromatic N) is 3. The maximum absolute atomic E-state index is 13.6. The van der Waals surface area contributed by atoms with E-state index >= 15 is 0 Å². The van der Waals surface area contributed by atoms with Crippen molar-refractivity contribution in [1.82, 2.24) is 15.2 Å². The third kappa shape index (κ3) is 3.62. The molecule has 3 aromatic rings. The van der Waals surface area contributed by atoms with E-state index in [0.717, 1.165) is 30.5 Å². The fourth-order valence-electron chi connectivity index (χ4n) is 1.88. The van der Waals surface area contributed by atoms with Crippen LogP contribution < -0.4 is 10.6 Å². The van der Waals surface area contributed by atoms with Crippen LogP contribution in [0.15, 0.2) is 36.5 Å². The van der Waals surface area contributed by atoms with Gasteiger partial charge in [-0.25, -0.2) is 22.0 Å². The van der Waals surface area contributed by atoms with Gasteiger partial charge in [0.25, 0.3) is 0 Å². The van der Waals surface area contributed by atoms with Crippen molar-refractivity contribution >= 4 is 23.1 Å². The van der Waals surface area contributed by atoms with Gasteiger partial charge in [-0.15, -0.1) is 5.10 Å². The minimum absolute atomic E-state index is 0.0370. The first kappa shape index (κ1) is 16.6. The Labute approximate surface area is 137 Å². The van der Waals surface area contributed by atoms with Crippen LogP contribution in [0.5, 0.6) is 0 Å². The molecule has 0 amide bonds. The van der Waals surface area contributed by atoms with Gasteiger partial charge in [-0.3, -0.25) is 0 Å². The van der Waals surface area contributed by atoms with E-state index in [1.807, 2.05) is 0 Å². The molecule has 0 aliphatic heterocycles. The van der Waals surface area contributed by atoms with Crippen LogP contribution >= 0.6 is 0 Å². The lowest BCUT2D eigenvalue weighted by Gasteiger charge is -2.09. The second-order valence-corrected chi connectivity index (χ2v) is 4.77. The summed E-state index contributed by atoms with van der Waals surface area (Å²) in [5, 5.41) is 12.2. The number of anilines is 4. The normalized spacial score (nSPS) is 10.6. The molecule has 5 nitrogen and oxygen atoms in total. The van der Waals surface area contributed by atoms with Gasteiger partial charge in [0.1, 0.15) is 0 Å². The van der Waals surface area contributed by atoms with Gasteiger partial charge in [0, 0.05) is 11.8 Å². The summed E-state index contributed by atoms with van der Waals surface area (Å²) >= 11 is 0. The molecule has 128 valence electrons. The first-order chi connectivity index (χ1) is 11.9. The Kier molecular flexibility index (Phi) is 4.42. The summed E-state index contributed by atoms with van der Waals surface area (Å²) in [6.07, 6.45) is 1.11. The van der Waals surface area contributed by atoms with E-state index in [2.05, 4.69) is 25.8 Å². The third-order valence-corrected chi connectivity index (χ3v) is 3.03. The lowest BCUT2D eigenvalue weighted by Crippen LogP contribution is -2.04. The highest BCUT2D eigenvalue weighted by molar-refractivity contribution is 5.59. The summed E-state index contributed by atoms with van der Waals surface area (Å²) in [5.41, 5.74) is -0.213. The van der Waals surface area contributed by atoms with Crippen LogP contribution in [0, 0.1) is 29.1 Å². The third-order valence-electron chi connectivity index (χ3n) is 3.03. The van der Waals surface area contributed by atoms with Crippen molar-refractivity contribution in [2.75, 3.05) is 10.6 Å². The van der Waals surface area contributed by atoms with E-state index in [0.29, 0.717) is 0 Å². The van der Waals surface area contributed by atoms with Gasteiger partial charge in [0.2, 0.25) is 5.95 Å². The number of hydrogen-bond donors (Lipinski definition) is 2. The zero-order valence-corrected chi connectivity index (χ0v) is 12.2. The molecule has 0 spiro atoms. The van der Waals surface area contributed by atoms with Crippen LogP contribution in [0.25, 0.3) is 0 Å². The van der Waals surface area contributed by atoms with Gasteiger partial charge >= 0.3 is 0 Å². The SMILES string of the molecule is Fc1ccc(Nc2nncc(Nc3ccc(F)c(F)c3F)n2)cc1F. The fourth-order valence-corrected chi connectivity index (χ4v) is 1.88. The second-order valence-electron chi connectivity index (χ2n) is 4.77. The molecule has 0 radical (unpaired) electrons. The van der Waals surface area contributed by atoms with Crippen LogP contribution in [0.4, 0.5) is 45.1 Å². The van der Waals surface area contributed by atoms with E-state index in [-0.39, 0.29) is 23.1 Å². The highest BCUT2D eigenvalue weighted by Gasteiger charge is 2.14.